The van der Waals surface area contributed by atoms with Gasteiger partial charge in [-0.1, -0.05) is 18.2 Å². The van der Waals surface area contributed by atoms with Crippen molar-refractivity contribution in [3.8, 4) is 0 Å². The van der Waals surface area contributed by atoms with E-state index in [2.05, 4.69) is 34.6 Å². The first-order chi connectivity index (χ1) is 10.6. The van der Waals surface area contributed by atoms with E-state index in [-0.39, 0.29) is 0 Å². The molecule has 0 atom stereocenters. The summed E-state index contributed by atoms with van der Waals surface area (Å²) in [6.45, 7) is 7.93. The van der Waals surface area contributed by atoms with Crippen molar-refractivity contribution in [1.82, 2.24) is 9.80 Å². The van der Waals surface area contributed by atoms with Crippen molar-refractivity contribution < 1.29 is 4.74 Å². The first-order valence-corrected chi connectivity index (χ1v) is 7.63. The number of rotatable bonds is 4. The number of morpholine rings is 1. The summed E-state index contributed by atoms with van der Waals surface area (Å²) in [6.07, 6.45) is 1.88. The third-order valence-electron chi connectivity index (χ3n) is 3.60. The maximum absolute atomic E-state index is 5.45. The van der Waals surface area contributed by atoms with Gasteiger partial charge in [-0.05, 0) is 12.1 Å². The molecule has 2 rings (SSSR count). The molecule has 0 unspecified atom stereocenters. The number of para-hydroxylation sites is 2. The Morgan fingerprint density at radius 2 is 1.95 bits per heavy atom. The Morgan fingerprint density at radius 3 is 2.59 bits per heavy atom. The molecular weight excluding hydrogens is 276 g/mol. The second-order valence-corrected chi connectivity index (χ2v) is 5.56. The highest BCUT2D eigenvalue weighted by molar-refractivity contribution is 5.85. The maximum Gasteiger partial charge on any atom is 0.201 e. The highest BCUT2D eigenvalue weighted by Crippen LogP contribution is 2.29. The van der Waals surface area contributed by atoms with Crippen molar-refractivity contribution >= 4 is 17.3 Å². The number of hydrogen-bond acceptors (Lipinski definition) is 3. The van der Waals surface area contributed by atoms with Gasteiger partial charge < -0.3 is 19.4 Å². The second-order valence-electron chi connectivity index (χ2n) is 5.56. The van der Waals surface area contributed by atoms with Crippen LogP contribution in [0, 0.1) is 0 Å². The topological polar surface area (TPSA) is 31.3 Å². The van der Waals surface area contributed by atoms with Gasteiger partial charge in [0.15, 0.2) is 0 Å². The first kappa shape index (κ1) is 16.4. The SMILES string of the molecule is C=CCN(C)/C(=N/c1ccccc1N1CCOCC1)N(C)C. The van der Waals surface area contributed by atoms with Gasteiger partial charge in [0, 0.05) is 40.8 Å². The predicted molar refractivity (Wildman–Crippen MR) is 93.1 cm³/mol. The molecule has 0 aliphatic carbocycles. The quantitative estimate of drug-likeness (QED) is 0.485. The molecule has 0 radical (unpaired) electrons. The molecule has 0 aromatic heterocycles. The molecule has 1 fully saturated rings. The van der Waals surface area contributed by atoms with Gasteiger partial charge in [-0.15, -0.1) is 6.58 Å². The molecule has 0 amide bonds. The van der Waals surface area contributed by atoms with E-state index in [9.17, 15) is 0 Å². The summed E-state index contributed by atoms with van der Waals surface area (Å²) in [5.41, 5.74) is 2.15. The molecule has 0 bridgehead atoms. The Morgan fingerprint density at radius 1 is 1.27 bits per heavy atom. The Bertz CT molecular complexity index is 521. The molecule has 0 saturated carbocycles. The summed E-state index contributed by atoms with van der Waals surface area (Å²) in [4.78, 5) is 11.3. The molecule has 0 spiro atoms. The molecular formula is C17H26N4O. The molecule has 1 saturated heterocycles. The van der Waals surface area contributed by atoms with Gasteiger partial charge in [-0.3, -0.25) is 0 Å². The van der Waals surface area contributed by atoms with Crippen molar-refractivity contribution in [3.63, 3.8) is 0 Å². The number of hydrogen-bond donors (Lipinski definition) is 0. The number of benzene rings is 1. The molecule has 0 N–H and O–H groups in total. The van der Waals surface area contributed by atoms with Gasteiger partial charge in [0.2, 0.25) is 5.96 Å². The van der Waals surface area contributed by atoms with Gasteiger partial charge in [0.05, 0.1) is 24.6 Å². The maximum atomic E-state index is 5.45. The minimum atomic E-state index is 0.761. The monoisotopic (exact) mass is 302 g/mol. The number of nitrogens with zero attached hydrogens (tertiary/aromatic N) is 4. The summed E-state index contributed by atoms with van der Waals surface area (Å²) >= 11 is 0. The van der Waals surface area contributed by atoms with Crippen molar-refractivity contribution in [3.05, 3.63) is 36.9 Å². The van der Waals surface area contributed by atoms with Gasteiger partial charge >= 0.3 is 0 Å². The van der Waals surface area contributed by atoms with Crippen molar-refractivity contribution in [1.29, 1.82) is 0 Å². The van der Waals surface area contributed by atoms with Crippen molar-refractivity contribution in [2.45, 2.75) is 0 Å². The van der Waals surface area contributed by atoms with Crippen LogP contribution in [-0.2, 0) is 4.74 Å². The van der Waals surface area contributed by atoms with Crippen LogP contribution in [0.2, 0.25) is 0 Å². The average molecular weight is 302 g/mol. The standard InChI is InChI=1S/C17H26N4O/c1-5-10-20(4)17(19(2)3)18-15-8-6-7-9-16(15)21-11-13-22-14-12-21/h5-9H,1,10-14H2,2-4H3/b18-17+. The van der Waals surface area contributed by atoms with E-state index in [4.69, 9.17) is 9.73 Å². The lowest BCUT2D eigenvalue weighted by molar-refractivity contribution is 0.123. The zero-order valence-electron chi connectivity index (χ0n) is 13.8. The number of aliphatic imine (C=N–C) groups is 1. The Kier molecular flexibility index (Phi) is 5.83. The molecule has 5 nitrogen and oxygen atoms in total. The van der Waals surface area contributed by atoms with Crippen LogP contribution in [-0.4, -0.2) is 69.8 Å². The summed E-state index contributed by atoms with van der Waals surface area (Å²) in [5, 5.41) is 0. The fourth-order valence-corrected chi connectivity index (χ4v) is 2.54. The van der Waals surface area contributed by atoms with Gasteiger partial charge in [0.25, 0.3) is 0 Å². The smallest absolute Gasteiger partial charge is 0.201 e. The minimum absolute atomic E-state index is 0.761. The third kappa shape index (κ3) is 4.01. The third-order valence-corrected chi connectivity index (χ3v) is 3.60. The number of ether oxygens (including phenoxy) is 1. The van der Waals surface area contributed by atoms with Crippen LogP contribution in [0.5, 0.6) is 0 Å². The molecule has 120 valence electrons. The van der Waals surface area contributed by atoms with Gasteiger partial charge in [-0.25, -0.2) is 4.99 Å². The molecule has 22 heavy (non-hydrogen) atoms. The van der Waals surface area contributed by atoms with E-state index in [0.717, 1.165) is 50.2 Å². The molecule has 1 heterocycles. The number of anilines is 1. The predicted octanol–water partition coefficient (Wildman–Crippen LogP) is 2.19. The van der Waals surface area contributed by atoms with Crippen LogP contribution < -0.4 is 4.90 Å². The molecule has 1 aliphatic heterocycles. The zero-order chi connectivity index (χ0) is 15.9. The molecule has 1 aromatic rings. The normalized spacial score (nSPS) is 15.6. The van der Waals surface area contributed by atoms with E-state index in [0.29, 0.717) is 0 Å². The lowest BCUT2D eigenvalue weighted by Crippen LogP contribution is -2.38. The molecule has 1 aromatic carbocycles. The van der Waals surface area contributed by atoms with Crippen molar-refractivity contribution in [2.75, 3.05) is 58.9 Å². The average Bonchev–Trinajstić information content (AvgIpc) is 2.53. The first-order valence-electron chi connectivity index (χ1n) is 7.63. The second kappa shape index (κ2) is 7.84. The zero-order valence-corrected chi connectivity index (χ0v) is 13.8. The molecule has 5 heteroatoms. The van der Waals surface area contributed by atoms with E-state index in [1.807, 2.05) is 38.2 Å². The van der Waals surface area contributed by atoms with E-state index < -0.39 is 0 Å². The number of likely N-dealkylation sites (N-methyl/N-ethyl adjacent to an activating group) is 1. The van der Waals surface area contributed by atoms with Crippen LogP contribution in [0.1, 0.15) is 0 Å². The lowest BCUT2D eigenvalue weighted by atomic mass is 10.2. The van der Waals surface area contributed by atoms with Crippen LogP contribution in [0.4, 0.5) is 11.4 Å². The molecule has 1 aliphatic rings. The Labute approximate surface area is 133 Å². The lowest BCUT2D eigenvalue weighted by Gasteiger charge is -2.30. The summed E-state index contributed by atoms with van der Waals surface area (Å²) in [7, 11) is 6.05. The largest absolute Gasteiger partial charge is 0.378 e. The number of guanidine groups is 1. The van der Waals surface area contributed by atoms with E-state index in [1.54, 1.807) is 0 Å². The fourth-order valence-electron chi connectivity index (χ4n) is 2.54. The van der Waals surface area contributed by atoms with Crippen LogP contribution >= 0.6 is 0 Å². The summed E-state index contributed by atoms with van der Waals surface area (Å²) in [5.74, 6) is 0.917. The fraction of sp³-hybridized carbons (Fsp3) is 0.471. The minimum Gasteiger partial charge on any atom is -0.378 e. The summed E-state index contributed by atoms with van der Waals surface area (Å²) < 4.78 is 5.45. The van der Waals surface area contributed by atoms with Crippen LogP contribution in [0.15, 0.2) is 41.9 Å². The van der Waals surface area contributed by atoms with Crippen LogP contribution in [0.3, 0.4) is 0 Å². The van der Waals surface area contributed by atoms with E-state index >= 15 is 0 Å². The Hall–Kier alpha value is -2.01. The van der Waals surface area contributed by atoms with Crippen molar-refractivity contribution in [2.24, 2.45) is 4.99 Å². The van der Waals surface area contributed by atoms with Gasteiger partial charge in [-0.2, -0.15) is 0 Å². The van der Waals surface area contributed by atoms with E-state index in [1.165, 1.54) is 0 Å². The van der Waals surface area contributed by atoms with Crippen LogP contribution in [0.25, 0.3) is 0 Å². The Balaban J connectivity index is 2.33. The van der Waals surface area contributed by atoms with Gasteiger partial charge in [0.1, 0.15) is 0 Å². The highest BCUT2D eigenvalue weighted by Gasteiger charge is 2.16. The highest BCUT2D eigenvalue weighted by atomic mass is 16.5. The summed E-state index contributed by atoms with van der Waals surface area (Å²) in [6, 6.07) is 8.29.